The van der Waals surface area contributed by atoms with Crippen molar-refractivity contribution in [1.82, 2.24) is 15.2 Å². The minimum atomic E-state index is -0.284. The third-order valence-corrected chi connectivity index (χ3v) is 4.76. The third-order valence-electron chi connectivity index (χ3n) is 4.76. The summed E-state index contributed by atoms with van der Waals surface area (Å²) < 4.78 is 0. The lowest BCUT2D eigenvalue weighted by Gasteiger charge is -2.20. The van der Waals surface area contributed by atoms with Gasteiger partial charge in [-0.1, -0.05) is 30.3 Å². The predicted octanol–water partition coefficient (Wildman–Crippen LogP) is 0.944. The van der Waals surface area contributed by atoms with Gasteiger partial charge in [0.05, 0.1) is 6.04 Å². The van der Waals surface area contributed by atoms with Crippen molar-refractivity contribution in [3.05, 3.63) is 35.9 Å². The number of hydrogen-bond acceptors (Lipinski definition) is 4. The van der Waals surface area contributed by atoms with Crippen LogP contribution in [0.2, 0.25) is 0 Å². The fourth-order valence-corrected chi connectivity index (χ4v) is 3.31. The molecular weight excluding hydrogens is 332 g/mol. The average Bonchev–Trinajstić information content (AvgIpc) is 2.97. The van der Waals surface area contributed by atoms with Crippen LogP contribution in [0.3, 0.4) is 0 Å². The van der Waals surface area contributed by atoms with Gasteiger partial charge in [-0.3, -0.25) is 14.4 Å². The van der Waals surface area contributed by atoms with Crippen molar-refractivity contribution in [2.75, 3.05) is 20.1 Å². The van der Waals surface area contributed by atoms with Gasteiger partial charge in [-0.2, -0.15) is 5.10 Å². The molecule has 7 heteroatoms. The first-order chi connectivity index (χ1) is 12.5. The first kappa shape index (κ1) is 18.1. The van der Waals surface area contributed by atoms with E-state index in [1.54, 1.807) is 7.05 Å². The summed E-state index contributed by atoms with van der Waals surface area (Å²) in [5, 5.41) is 8.10. The molecule has 3 rings (SSSR count). The van der Waals surface area contributed by atoms with E-state index in [2.05, 4.69) is 22.6 Å². The molecule has 0 saturated carbocycles. The van der Waals surface area contributed by atoms with E-state index in [1.807, 2.05) is 23.1 Å². The fourth-order valence-electron chi connectivity index (χ4n) is 3.31. The van der Waals surface area contributed by atoms with E-state index in [0.29, 0.717) is 31.6 Å². The number of hydrogen-bond donors (Lipinski definition) is 1. The van der Waals surface area contributed by atoms with Crippen LogP contribution in [0.25, 0.3) is 0 Å². The monoisotopic (exact) mass is 356 g/mol. The highest BCUT2D eigenvalue weighted by Gasteiger charge is 2.31. The predicted molar refractivity (Wildman–Crippen MR) is 97.3 cm³/mol. The van der Waals surface area contributed by atoms with Gasteiger partial charge >= 0.3 is 0 Å². The number of nitrogens with one attached hydrogen (secondary N) is 1. The highest BCUT2D eigenvalue weighted by atomic mass is 16.2. The summed E-state index contributed by atoms with van der Waals surface area (Å²) in [6, 6.07) is 9.99. The minimum absolute atomic E-state index is 0.0706. The Morgan fingerprint density at radius 2 is 1.96 bits per heavy atom. The van der Waals surface area contributed by atoms with E-state index in [4.69, 9.17) is 0 Å². The first-order valence-corrected chi connectivity index (χ1v) is 8.99. The molecule has 1 aromatic rings. The van der Waals surface area contributed by atoms with Gasteiger partial charge in [0.15, 0.2) is 0 Å². The molecule has 7 nitrogen and oxygen atoms in total. The topological polar surface area (TPSA) is 82.1 Å². The van der Waals surface area contributed by atoms with E-state index in [-0.39, 0.29) is 30.2 Å². The van der Waals surface area contributed by atoms with Gasteiger partial charge in [0.25, 0.3) is 5.91 Å². The van der Waals surface area contributed by atoms with Gasteiger partial charge in [0.2, 0.25) is 11.8 Å². The molecule has 2 aliphatic rings. The van der Waals surface area contributed by atoms with Crippen molar-refractivity contribution in [2.24, 2.45) is 5.10 Å². The molecular formula is C19H24N4O3. The zero-order valence-electron chi connectivity index (χ0n) is 15.0. The van der Waals surface area contributed by atoms with E-state index in [0.717, 1.165) is 12.8 Å². The molecule has 2 heterocycles. The molecule has 1 aromatic carbocycles. The number of carbonyl (C=O) groups excluding carboxylic acids is 3. The summed E-state index contributed by atoms with van der Waals surface area (Å²) in [6.45, 7) is 1.22. The number of nitrogens with zero attached hydrogens (tertiary/aromatic N) is 3. The smallest absolute Gasteiger partial charge is 0.267 e. The molecule has 0 aromatic heterocycles. The zero-order chi connectivity index (χ0) is 18.5. The molecule has 1 unspecified atom stereocenters. The van der Waals surface area contributed by atoms with Crippen LogP contribution in [-0.2, 0) is 20.8 Å². The molecule has 1 atom stereocenters. The van der Waals surface area contributed by atoms with Crippen molar-refractivity contribution in [3.63, 3.8) is 0 Å². The van der Waals surface area contributed by atoms with E-state index < -0.39 is 0 Å². The molecule has 3 amide bonds. The number of aryl methyl sites for hydroxylation is 1. The second-order valence-electron chi connectivity index (χ2n) is 6.77. The molecule has 1 fully saturated rings. The van der Waals surface area contributed by atoms with Crippen LogP contribution in [0.4, 0.5) is 0 Å². The van der Waals surface area contributed by atoms with Crippen molar-refractivity contribution >= 4 is 23.4 Å². The average molecular weight is 356 g/mol. The lowest BCUT2D eigenvalue weighted by atomic mass is 10.1. The Labute approximate surface area is 153 Å². The number of amides is 3. The molecule has 1 saturated heterocycles. The maximum atomic E-state index is 12.3. The maximum Gasteiger partial charge on any atom is 0.267 e. The quantitative estimate of drug-likeness (QED) is 0.824. The Hall–Kier alpha value is -2.70. The Morgan fingerprint density at radius 1 is 1.19 bits per heavy atom. The largest absolute Gasteiger partial charge is 0.346 e. The zero-order valence-corrected chi connectivity index (χ0v) is 15.0. The van der Waals surface area contributed by atoms with E-state index in [9.17, 15) is 14.4 Å². The van der Waals surface area contributed by atoms with Gasteiger partial charge in [-0.05, 0) is 18.4 Å². The first-order valence-electron chi connectivity index (χ1n) is 8.99. The molecule has 26 heavy (non-hydrogen) atoms. The Bertz CT molecular complexity index is 717. The molecule has 138 valence electrons. The van der Waals surface area contributed by atoms with E-state index >= 15 is 0 Å². The molecule has 0 radical (unpaired) electrons. The summed E-state index contributed by atoms with van der Waals surface area (Å²) in [5.74, 6) is -0.309. The van der Waals surface area contributed by atoms with Gasteiger partial charge in [0, 0.05) is 39.4 Å². The second-order valence-corrected chi connectivity index (χ2v) is 6.77. The van der Waals surface area contributed by atoms with Gasteiger partial charge < -0.3 is 10.2 Å². The van der Waals surface area contributed by atoms with Crippen LogP contribution in [0.15, 0.2) is 35.4 Å². The fraction of sp³-hybridized carbons (Fsp3) is 0.474. The molecule has 2 aliphatic heterocycles. The number of carbonyl (C=O) groups is 3. The van der Waals surface area contributed by atoms with Crippen LogP contribution in [-0.4, -0.2) is 59.5 Å². The van der Waals surface area contributed by atoms with Gasteiger partial charge in [-0.25, -0.2) is 5.01 Å². The molecule has 1 N–H and O–H groups in total. The summed E-state index contributed by atoms with van der Waals surface area (Å²) in [4.78, 5) is 37.7. The number of rotatable bonds is 6. The Balaban J connectivity index is 1.46. The summed E-state index contributed by atoms with van der Waals surface area (Å²) in [6.07, 6.45) is 2.78. The molecule has 0 aliphatic carbocycles. The maximum absolute atomic E-state index is 12.3. The van der Waals surface area contributed by atoms with E-state index in [1.165, 1.54) is 10.6 Å². The normalized spacial score (nSPS) is 20.3. The number of benzene rings is 1. The highest BCUT2D eigenvalue weighted by Crippen LogP contribution is 2.14. The van der Waals surface area contributed by atoms with Crippen molar-refractivity contribution in [1.29, 1.82) is 0 Å². The Kier molecular flexibility index (Phi) is 5.65. The van der Waals surface area contributed by atoms with Crippen LogP contribution in [0.5, 0.6) is 0 Å². The highest BCUT2D eigenvalue weighted by molar-refractivity contribution is 6.39. The standard InChI is InChI=1S/C19H24N4O3/c1-22-17(24)10-9-16(21-22)19(26)20-15-12-18(25)23(13-15)11-5-8-14-6-3-2-4-7-14/h2-4,6-7,15H,5,8-13H2,1H3,(H,20,26). The van der Waals surface area contributed by atoms with Gasteiger partial charge in [0.1, 0.15) is 5.71 Å². The molecule has 0 bridgehead atoms. The van der Waals surface area contributed by atoms with Crippen molar-refractivity contribution in [3.8, 4) is 0 Å². The third kappa shape index (κ3) is 4.47. The lowest BCUT2D eigenvalue weighted by Crippen LogP contribution is -2.43. The summed E-state index contributed by atoms with van der Waals surface area (Å²) in [7, 11) is 1.54. The number of likely N-dealkylation sites (tertiary alicyclic amines) is 1. The van der Waals surface area contributed by atoms with Crippen LogP contribution in [0, 0.1) is 0 Å². The minimum Gasteiger partial charge on any atom is -0.346 e. The summed E-state index contributed by atoms with van der Waals surface area (Å²) >= 11 is 0. The Morgan fingerprint density at radius 3 is 2.69 bits per heavy atom. The summed E-state index contributed by atoms with van der Waals surface area (Å²) in [5.41, 5.74) is 1.61. The lowest BCUT2D eigenvalue weighted by molar-refractivity contribution is -0.130. The van der Waals surface area contributed by atoms with Crippen LogP contribution >= 0.6 is 0 Å². The molecule has 0 spiro atoms. The van der Waals surface area contributed by atoms with Gasteiger partial charge in [-0.15, -0.1) is 0 Å². The van der Waals surface area contributed by atoms with Crippen LogP contribution < -0.4 is 5.32 Å². The van der Waals surface area contributed by atoms with Crippen molar-refractivity contribution < 1.29 is 14.4 Å². The number of hydrazone groups is 1. The SMILES string of the molecule is CN1N=C(C(=O)NC2CC(=O)N(CCCc3ccccc3)C2)CCC1=O. The second kappa shape index (κ2) is 8.12. The van der Waals surface area contributed by atoms with Crippen molar-refractivity contribution in [2.45, 2.75) is 38.1 Å². The van der Waals surface area contributed by atoms with Crippen LogP contribution in [0.1, 0.15) is 31.2 Å².